The van der Waals surface area contributed by atoms with Crippen LogP contribution in [-0.4, -0.2) is 44.4 Å². The molecule has 1 saturated heterocycles. The number of phenolic OH excluding ortho intramolecular Hbond substituents is 1. The highest BCUT2D eigenvalue weighted by Crippen LogP contribution is 2.69. The number of nitrogens with zero attached hydrogens (tertiary/aromatic N) is 2. The zero-order valence-electron chi connectivity index (χ0n) is 23.5. The number of rotatable bonds is 5. The number of aromatic hydroxyl groups is 1. The van der Waals surface area contributed by atoms with Gasteiger partial charge in [0.25, 0.3) is 0 Å². The van der Waals surface area contributed by atoms with Crippen LogP contribution >= 0.6 is 0 Å². The first-order valence-electron chi connectivity index (χ1n) is 15.3. The zero-order chi connectivity index (χ0) is 27.5. The first kappa shape index (κ1) is 24.1. The highest BCUT2D eigenvalue weighted by atomic mass is 16.5. The third-order valence-electron chi connectivity index (χ3n) is 11.0. The molecule has 3 aliphatic carbocycles. The molecule has 3 heterocycles. The number of hydrogen-bond acceptors (Lipinski definition) is 4. The van der Waals surface area contributed by atoms with Gasteiger partial charge < -0.3 is 19.5 Å². The largest absolute Gasteiger partial charge is 0.504 e. The van der Waals surface area contributed by atoms with Crippen LogP contribution in [0.3, 0.4) is 0 Å². The van der Waals surface area contributed by atoms with Crippen molar-refractivity contribution >= 4 is 0 Å². The van der Waals surface area contributed by atoms with Crippen LogP contribution in [0.5, 0.6) is 11.5 Å². The molecule has 2 aliphatic heterocycles. The molecule has 2 fully saturated rings. The quantitative estimate of drug-likeness (QED) is 0.328. The number of ether oxygens (including phenoxy) is 1. The Morgan fingerprint density at radius 1 is 1.00 bits per heavy atom. The van der Waals surface area contributed by atoms with Gasteiger partial charge in [0, 0.05) is 42.9 Å². The lowest BCUT2D eigenvalue weighted by atomic mass is 9.49. The van der Waals surface area contributed by atoms with Crippen LogP contribution in [0.15, 0.2) is 72.9 Å². The van der Waals surface area contributed by atoms with Gasteiger partial charge in [-0.2, -0.15) is 0 Å². The Bertz CT molecular complexity index is 1690. The summed E-state index contributed by atoms with van der Waals surface area (Å²) in [5.41, 5.74) is 7.92. The average Bonchev–Trinajstić information content (AvgIpc) is 3.62. The lowest BCUT2D eigenvalue weighted by Crippen LogP contribution is -2.74. The third kappa shape index (κ3) is 3.19. The molecule has 2 bridgehead atoms. The molecule has 1 saturated carbocycles. The lowest BCUT2D eigenvalue weighted by Gasteiger charge is -2.63. The molecule has 41 heavy (non-hydrogen) atoms. The van der Waals surface area contributed by atoms with E-state index in [1.807, 2.05) is 0 Å². The van der Waals surface area contributed by atoms with Gasteiger partial charge in [0.15, 0.2) is 17.6 Å². The van der Waals surface area contributed by atoms with Crippen LogP contribution in [0.2, 0.25) is 0 Å². The fourth-order valence-electron chi connectivity index (χ4n) is 8.92. The molecule has 208 valence electrons. The number of hydrogen-bond donors (Lipinski definition) is 2. The molecule has 5 heteroatoms. The smallest absolute Gasteiger partial charge is 0.166 e. The second-order valence-corrected chi connectivity index (χ2v) is 13.3. The fourth-order valence-corrected chi connectivity index (χ4v) is 8.92. The maximum Gasteiger partial charge on any atom is 0.166 e. The Morgan fingerprint density at radius 2 is 1.80 bits per heavy atom. The molecule has 5 nitrogen and oxygen atoms in total. The number of phenols is 1. The van der Waals surface area contributed by atoms with Gasteiger partial charge in [0.1, 0.15) is 0 Å². The van der Waals surface area contributed by atoms with Crippen molar-refractivity contribution < 1.29 is 14.9 Å². The number of likely N-dealkylation sites (tertiary alicyclic amines) is 1. The molecule has 5 aliphatic rings. The lowest BCUT2D eigenvalue weighted by molar-refractivity contribution is -0.173. The van der Waals surface area contributed by atoms with E-state index in [2.05, 4.69) is 83.3 Å². The molecule has 2 N–H and O–H groups in total. The summed E-state index contributed by atoms with van der Waals surface area (Å²) < 4.78 is 9.30. The van der Waals surface area contributed by atoms with Gasteiger partial charge in [-0.1, -0.05) is 66.2 Å². The Labute approximate surface area is 241 Å². The number of benzene rings is 3. The first-order valence-corrected chi connectivity index (χ1v) is 15.3. The summed E-state index contributed by atoms with van der Waals surface area (Å²) in [7, 11) is 0. The summed E-state index contributed by atoms with van der Waals surface area (Å²) >= 11 is 0. The maximum absolute atomic E-state index is 13.3. The molecular weight excluding hydrogens is 508 g/mol. The van der Waals surface area contributed by atoms with Gasteiger partial charge in [0.2, 0.25) is 0 Å². The van der Waals surface area contributed by atoms with Crippen molar-refractivity contribution in [2.45, 2.75) is 68.7 Å². The summed E-state index contributed by atoms with van der Waals surface area (Å²) in [4.78, 5) is 2.60. The standard InChI is InChI=1S/C36H36N2O3/c1-22-7-11-25(12-8-22)28-21-38(20-23-5-3-2-4-6-23)32-27(28)18-36(40)30-17-26-13-14-29(39)33-31(26)35(36,34(32)41-33)15-16-37(30)19-24-9-10-24/h2-8,11-14,21,24,30,34,39-40H,9-10,15-20H2,1H3/t30-,34-,35-,36+/m0/s1. The van der Waals surface area contributed by atoms with Gasteiger partial charge in [-0.05, 0) is 73.4 Å². The zero-order valence-corrected chi connectivity index (χ0v) is 23.5. The molecule has 0 amide bonds. The first-order chi connectivity index (χ1) is 20.0. The summed E-state index contributed by atoms with van der Waals surface area (Å²) in [6.07, 6.45) is 6.76. The van der Waals surface area contributed by atoms with E-state index in [0.29, 0.717) is 12.2 Å². The SMILES string of the molecule is Cc1ccc(-c2cn(Cc3ccccc3)c3c2C[C@@]2(O)[C@@H]4Cc5ccc(O)c6c5[C@@]2(CCN4CC2CC2)[C@H]3O6)cc1. The van der Waals surface area contributed by atoms with Crippen LogP contribution < -0.4 is 4.74 Å². The number of piperidine rings is 1. The van der Waals surface area contributed by atoms with E-state index in [4.69, 9.17) is 4.74 Å². The molecule has 9 rings (SSSR count). The van der Waals surface area contributed by atoms with E-state index < -0.39 is 11.0 Å². The molecular formula is C36H36N2O3. The Morgan fingerprint density at radius 3 is 2.59 bits per heavy atom. The van der Waals surface area contributed by atoms with Crippen LogP contribution in [0, 0.1) is 12.8 Å². The van der Waals surface area contributed by atoms with Crippen molar-refractivity contribution in [3.8, 4) is 22.6 Å². The Kier molecular flexibility index (Phi) is 4.86. The van der Waals surface area contributed by atoms with Crippen LogP contribution in [0.4, 0.5) is 0 Å². The van der Waals surface area contributed by atoms with E-state index in [1.165, 1.54) is 46.2 Å². The van der Waals surface area contributed by atoms with Crippen molar-refractivity contribution in [3.63, 3.8) is 0 Å². The normalized spacial score (nSPS) is 29.1. The van der Waals surface area contributed by atoms with E-state index in [1.54, 1.807) is 6.07 Å². The van der Waals surface area contributed by atoms with Crippen LogP contribution in [0.25, 0.3) is 11.1 Å². The molecule has 3 aromatic carbocycles. The van der Waals surface area contributed by atoms with E-state index in [9.17, 15) is 10.2 Å². The monoisotopic (exact) mass is 544 g/mol. The molecule has 0 radical (unpaired) electrons. The van der Waals surface area contributed by atoms with Gasteiger partial charge in [-0.3, -0.25) is 4.90 Å². The van der Waals surface area contributed by atoms with Crippen molar-refractivity contribution in [3.05, 3.63) is 106 Å². The number of aryl methyl sites for hydroxylation is 1. The van der Waals surface area contributed by atoms with Gasteiger partial charge in [-0.15, -0.1) is 0 Å². The van der Waals surface area contributed by atoms with Crippen LogP contribution in [0.1, 0.15) is 58.9 Å². The minimum Gasteiger partial charge on any atom is -0.504 e. The molecule has 4 aromatic rings. The minimum absolute atomic E-state index is 0.0300. The predicted molar refractivity (Wildman–Crippen MR) is 158 cm³/mol. The number of aromatic nitrogens is 1. The fraction of sp³-hybridized carbons (Fsp3) is 0.389. The predicted octanol–water partition coefficient (Wildman–Crippen LogP) is 5.92. The van der Waals surface area contributed by atoms with Crippen molar-refractivity contribution in [2.24, 2.45) is 5.92 Å². The highest BCUT2D eigenvalue weighted by molar-refractivity contribution is 5.73. The Balaban J connectivity index is 1.29. The molecule has 1 aromatic heterocycles. The third-order valence-corrected chi connectivity index (χ3v) is 11.0. The van der Waals surface area contributed by atoms with E-state index in [0.717, 1.165) is 49.7 Å². The second kappa shape index (κ2) is 8.27. The van der Waals surface area contributed by atoms with Gasteiger partial charge in [0.05, 0.1) is 16.7 Å². The van der Waals surface area contributed by atoms with E-state index in [-0.39, 0.29) is 17.9 Å². The Hall–Kier alpha value is -3.54. The summed E-state index contributed by atoms with van der Waals surface area (Å²) in [6.45, 7) is 4.88. The highest BCUT2D eigenvalue weighted by Gasteiger charge is 2.73. The molecule has 0 unspecified atom stereocenters. The van der Waals surface area contributed by atoms with Crippen LogP contribution in [-0.2, 0) is 24.8 Å². The number of fused-ring (bicyclic) bond motifs is 2. The summed E-state index contributed by atoms with van der Waals surface area (Å²) in [5, 5.41) is 24.4. The summed E-state index contributed by atoms with van der Waals surface area (Å²) in [5.74, 6) is 1.54. The maximum atomic E-state index is 13.3. The van der Waals surface area contributed by atoms with Crippen molar-refractivity contribution in [2.75, 3.05) is 13.1 Å². The number of aliphatic hydroxyl groups is 1. The van der Waals surface area contributed by atoms with E-state index >= 15 is 0 Å². The average molecular weight is 545 g/mol. The van der Waals surface area contributed by atoms with Gasteiger partial charge >= 0.3 is 0 Å². The second-order valence-electron chi connectivity index (χ2n) is 13.3. The summed E-state index contributed by atoms with van der Waals surface area (Å²) in [6, 6.07) is 23.3. The molecule has 1 spiro atoms. The minimum atomic E-state index is -0.984. The molecule has 4 atom stereocenters. The van der Waals surface area contributed by atoms with Crippen molar-refractivity contribution in [1.29, 1.82) is 0 Å². The topological polar surface area (TPSA) is 57.9 Å². The van der Waals surface area contributed by atoms with Gasteiger partial charge in [-0.25, -0.2) is 0 Å². The van der Waals surface area contributed by atoms with Crippen molar-refractivity contribution in [1.82, 2.24) is 9.47 Å².